The van der Waals surface area contributed by atoms with Gasteiger partial charge in [0.05, 0.1) is 0 Å². The normalized spacial score (nSPS) is 12.8. The van der Waals surface area contributed by atoms with Crippen LogP contribution in [-0.2, 0) is 6.42 Å². The molecule has 0 radical (unpaired) electrons. The maximum absolute atomic E-state index is 6.21. The van der Waals surface area contributed by atoms with Crippen molar-refractivity contribution in [2.24, 2.45) is 5.73 Å². The summed E-state index contributed by atoms with van der Waals surface area (Å²) in [6.07, 6.45) is 0.510. The quantitative estimate of drug-likeness (QED) is 0.756. The van der Waals surface area contributed by atoms with Crippen molar-refractivity contribution in [1.82, 2.24) is 4.98 Å². The summed E-state index contributed by atoms with van der Waals surface area (Å²) in [6, 6.07) is 13.1. The van der Waals surface area contributed by atoms with E-state index < -0.39 is 0 Å². The van der Waals surface area contributed by atoms with Crippen LogP contribution in [0, 0.1) is 0 Å². The molecule has 0 aliphatic rings. The SMILES string of the molecule is NC(Cc1nc2ccccc2o1)c1ccc(Br)cc1Cl. The van der Waals surface area contributed by atoms with Crippen LogP contribution >= 0.6 is 27.5 Å². The number of rotatable bonds is 3. The van der Waals surface area contributed by atoms with Gasteiger partial charge >= 0.3 is 0 Å². The Labute approximate surface area is 129 Å². The van der Waals surface area contributed by atoms with Gasteiger partial charge in [0.1, 0.15) is 5.52 Å². The van der Waals surface area contributed by atoms with Gasteiger partial charge in [-0.3, -0.25) is 0 Å². The molecular weight excluding hydrogens is 340 g/mol. The third-order valence-electron chi connectivity index (χ3n) is 3.09. The van der Waals surface area contributed by atoms with Gasteiger partial charge in [-0.1, -0.05) is 45.7 Å². The van der Waals surface area contributed by atoms with Gasteiger partial charge in [0, 0.05) is 22.0 Å². The van der Waals surface area contributed by atoms with Crippen LogP contribution < -0.4 is 5.73 Å². The van der Waals surface area contributed by atoms with E-state index in [1.807, 2.05) is 42.5 Å². The molecule has 0 amide bonds. The van der Waals surface area contributed by atoms with Crippen molar-refractivity contribution in [1.29, 1.82) is 0 Å². The van der Waals surface area contributed by atoms with Crippen molar-refractivity contribution in [2.45, 2.75) is 12.5 Å². The van der Waals surface area contributed by atoms with Gasteiger partial charge in [-0.15, -0.1) is 0 Å². The van der Waals surface area contributed by atoms with Crippen LogP contribution in [0.1, 0.15) is 17.5 Å². The van der Waals surface area contributed by atoms with Gasteiger partial charge < -0.3 is 10.2 Å². The van der Waals surface area contributed by atoms with Crippen molar-refractivity contribution in [3.63, 3.8) is 0 Å². The molecule has 0 bridgehead atoms. The number of oxazole rings is 1. The Morgan fingerprint density at radius 3 is 2.80 bits per heavy atom. The van der Waals surface area contributed by atoms with Gasteiger partial charge in [0.2, 0.25) is 0 Å². The van der Waals surface area contributed by atoms with Crippen LogP contribution in [0.2, 0.25) is 5.02 Å². The summed E-state index contributed by atoms with van der Waals surface area (Å²) in [5.41, 5.74) is 8.70. The molecule has 0 spiro atoms. The third-order valence-corrected chi connectivity index (χ3v) is 3.92. The lowest BCUT2D eigenvalue weighted by Crippen LogP contribution is -2.14. The number of hydrogen-bond acceptors (Lipinski definition) is 3. The van der Waals surface area contributed by atoms with Crippen LogP contribution in [0.15, 0.2) is 51.4 Å². The summed E-state index contributed by atoms with van der Waals surface area (Å²) in [7, 11) is 0. The number of halogens is 2. The zero-order valence-corrected chi connectivity index (χ0v) is 12.9. The zero-order chi connectivity index (χ0) is 14.1. The fourth-order valence-corrected chi connectivity index (χ4v) is 2.92. The van der Waals surface area contributed by atoms with E-state index in [0.29, 0.717) is 17.3 Å². The Morgan fingerprint density at radius 1 is 1.25 bits per heavy atom. The molecule has 3 aromatic rings. The number of fused-ring (bicyclic) bond motifs is 1. The second-order valence-corrected chi connectivity index (χ2v) is 5.87. The predicted octanol–water partition coefficient (Wildman–Crippen LogP) is 4.49. The first kappa shape index (κ1) is 13.6. The number of hydrogen-bond donors (Lipinski definition) is 1. The Hall–Kier alpha value is -1.36. The van der Waals surface area contributed by atoms with Crippen molar-refractivity contribution >= 4 is 38.6 Å². The molecule has 3 rings (SSSR count). The first-order valence-corrected chi connectivity index (χ1v) is 7.35. The highest BCUT2D eigenvalue weighted by molar-refractivity contribution is 9.10. The summed E-state index contributed by atoms with van der Waals surface area (Å²) < 4.78 is 6.61. The molecule has 1 unspecified atom stereocenters. The minimum Gasteiger partial charge on any atom is -0.441 e. The van der Waals surface area contributed by atoms with Crippen molar-refractivity contribution in [2.75, 3.05) is 0 Å². The molecule has 0 aliphatic heterocycles. The molecule has 1 atom stereocenters. The van der Waals surface area contributed by atoms with E-state index in [9.17, 15) is 0 Å². The number of aromatic nitrogens is 1. The topological polar surface area (TPSA) is 52.0 Å². The van der Waals surface area contributed by atoms with Crippen LogP contribution in [0.3, 0.4) is 0 Å². The second-order valence-electron chi connectivity index (χ2n) is 4.55. The lowest BCUT2D eigenvalue weighted by atomic mass is 10.0. The van der Waals surface area contributed by atoms with E-state index in [1.165, 1.54) is 0 Å². The average Bonchev–Trinajstić information content (AvgIpc) is 2.80. The minimum atomic E-state index is -0.247. The number of para-hydroxylation sites is 2. The lowest BCUT2D eigenvalue weighted by Gasteiger charge is -2.11. The Balaban J connectivity index is 1.86. The minimum absolute atomic E-state index is 0.247. The zero-order valence-electron chi connectivity index (χ0n) is 10.5. The molecule has 0 saturated heterocycles. The molecule has 102 valence electrons. The summed E-state index contributed by atoms with van der Waals surface area (Å²) in [5.74, 6) is 0.623. The molecule has 20 heavy (non-hydrogen) atoms. The van der Waals surface area contributed by atoms with Crippen LogP contribution in [0.25, 0.3) is 11.1 Å². The highest BCUT2D eigenvalue weighted by Gasteiger charge is 2.15. The molecule has 1 aromatic heterocycles. The largest absolute Gasteiger partial charge is 0.441 e. The second kappa shape index (κ2) is 5.56. The molecule has 2 N–H and O–H groups in total. The van der Waals surface area contributed by atoms with Crippen molar-refractivity contribution in [3.8, 4) is 0 Å². The Kier molecular flexibility index (Phi) is 3.78. The first-order chi connectivity index (χ1) is 9.63. The van der Waals surface area contributed by atoms with E-state index >= 15 is 0 Å². The fourth-order valence-electron chi connectivity index (χ4n) is 2.11. The van der Waals surface area contributed by atoms with Gasteiger partial charge in [-0.05, 0) is 29.8 Å². The van der Waals surface area contributed by atoms with E-state index in [4.69, 9.17) is 21.8 Å². The predicted molar refractivity (Wildman–Crippen MR) is 83.8 cm³/mol. The smallest absolute Gasteiger partial charge is 0.197 e. The maximum atomic E-state index is 6.21. The monoisotopic (exact) mass is 350 g/mol. The van der Waals surface area contributed by atoms with Crippen LogP contribution in [-0.4, -0.2) is 4.98 Å². The van der Waals surface area contributed by atoms with Crippen molar-refractivity contribution < 1.29 is 4.42 Å². The molecule has 0 fully saturated rings. The van der Waals surface area contributed by atoms with Gasteiger partial charge in [-0.25, -0.2) is 4.98 Å². The van der Waals surface area contributed by atoms with E-state index in [2.05, 4.69) is 20.9 Å². The number of benzene rings is 2. The molecule has 1 heterocycles. The standard InChI is InChI=1S/C15H12BrClN2O/c16-9-5-6-10(11(17)7-9)12(18)8-15-19-13-3-1-2-4-14(13)20-15/h1-7,12H,8,18H2. The highest BCUT2D eigenvalue weighted by atomic mass is 79.9. The van der Waals surface area contributed by atoms with Crippen molar-refractivity contribution in [3.05, 3.63) is 63.4 Å². The van der Waals surface area contributed by atoms with Gasteiger partial charge in [0.25, 0.3) is 0 Å². The lowest BCUT2D eigenvalue weighted by molar-refractivity contribution is 0.502. The average molecular weight is 352 g/mol. The number of nitrogens with two attached hydrogens (primary N) is 1. The Morgan fingerprint density at radius 2 is 2.05 bits per heavy atom. The Bertz CT molecular complexity index is 723. The van der Waals surface area contributed by atoms with E-state index in [1.54, 1.807) is 0 Å². The molecular formula is C15H12BrClN2O. The van der Waals surface area contributed by atoms with Crippen LogP contribution in [0.4, 0.5) is 0 Å². The third kappa shape index (κ3) is 2.73. The van der Waals surface area contributed by atoms with Crippen LogP contribution in [0.5, 0.6) is 0 Å². The molecule has 3 nitrogen and oxygen atoms in total. The molecule has 0 saturated carbocycles. The summed E-state index contributed by atoms with van der Waals surface area (Å²) >= 11 is 9.59. The summed E-state index contributed by atoms with van der Waals surface area (Å²) in [4.78, 5) is 4.43. The summed E-state index contributed by atoms with van der Waals surface area (Å²) in [5, 5.41) is 0.642. The molecule has 5 heteroatoms. The first-order valence-electron chi connectivity index (χ1n) is 6.18. The highest BCUT2D eigenvalue weighted by Crippen LogP contribution is 2.27. The molecule has 0 aliphatic carbocycles. The van der Waals surface area contributed by atoms with E-state index in [0.717, 1.165) is 21.1 Å². The van der Waals surface area contributed by atoms with E-state index in [-0.39, 0.29) is 6.04 Å². The van der Waals surface area contributed by atoms with Gasteiger partial charge in [0.15, 0.2) is 11.5 Å². The fraction of sp³-hybridized carbons (Fsp3) is 0.133. The summed E-state index contributed by atoms with van der Waals surface area (Å²) in [6.45, 7) is 0. The van der Waals surface area contributed by atoms with Gasteiger partial charge in [-0.2, -0.15) is 0 Å². The maximum Gasteiger partial charge on any atom is 0.197 e. The number of nitrogens with zero attached hydrogens (tertiary/aromatic N) is 1. The molecule has 2 aromatic carbocycles.